The number of unbranched alkanes of at least 4 members (excludes halogenated alkanes) is 1. The van der Waals surface area contributed by atoms with Gasteiger partial charge in [0.1, 0.15) is 12.9 Å². The molecule has 0 saturated carbocycles. The summed E-state index contributed by atoms with van der Waals surface area (Å²) in [5.41, 5.74) is 3.08. The molecule has 206 valence electrons. The Morgan fingerprint density at radius 3 is 2.38 bits per heavy atom. The Bertz CT molecular complexity index is 965. The number of alkyl halides is 3. The Morgan fingerprint density at radius 2 is 1.92 bits per heavy atom. The van der Waals surface area contributed by atoms with Gasteiger partial charge in [-0.2, -0.15) is 13.2 Å². The number of carbonyl (C=O) groups excluding carboxylic acids is 1. The minimum absolute atomic E-state index is 0.0672. The number of hydrogen-bond donors (Lipinski definition) is 2. The molecule has 0 spiro atoms. The van der Waals surface area contributed by atoms with Gasteiger partial charge in [0.2, 0.25) is 0 Å². The standard InChI is InChI=1S/C15H24O2S.C12H10F3NO.CH4O/c1-5-7-9-14(15(18)8-6-2)12(3)13(4)17-11-10-16;1-8-2-7-11(17-16-8)9-3-5-10(6-4-9)12(13,14)15;1-2/h6,8,10,13,18H,2,5,7,9,11H2,1,3-4H3;3-7H,2H2,1H3;2H,1H3/b14-12-,15-8+;;. The molecule has 1 aromatic carbocycles. The molecule has 1 N–H and O–H groups in total. The zero-order valence-electron chi connectivity index (χ0n) is 22.1. The lowest BCUT2D eigenvalue weighted by molar-refractivity contribution is -0.137. The average molecular weight is 542 g/mol. The van der Waals surface area contributed by atoms with Crippen molar-refractivity contribution in [2.75, 3.05) is 13.7 Å². The number of thiol groups is 1. The molecule has 9 heteroatoms. The van der Waals surface area contributed by atoms with Crippen molar-refractivity contribution in [3.05, 3.63) is 76.3 Å². The van der Waals surface area contributed by atoms with E-state index in [1.54, 1.807) is 12.2 Å². The molecule has 1 heterocycles. The summed E-state index contributed by atoms with van der Waals surface area (Å²) in [7, 11) is 1.00. The molecule has 0 amide bonds. The van der Waals surface area contributed by atoms with Gasteiger partial charge in [-0.3, -0.25) is 0 Å². The average Bonchev–Trinajstić information content (AvgIpc) is 2.89. The normalized spacial score (nSPS) is 14.8. The Hall–Kier alpha value is -2.62. The summed E-state index contributed by atoms with van der Waals surface area (Å²) in [6.07, 6.45) is 5.69. The quantitative estimate of drug-likeness (QED) is 0.182. The monoisotopic (exact) mass is 541 g/mol. The minimum Gasteiger partial charge on any atom is -0.400 e. The maximum absolute atomic E-state index is 12.3. The number of aliphatic hydroxyl groups is 1. The summed E-state index contributed by atoms with van der Waals surface area (Å²) in [6, 6.07) is 4.82. The molecule has 5 nitrogen and oxygen atoms in total. The number of halogens is 3. The topological polar surface area (TPSA) is 68.1 Å². The highest BCUT2D eigenvalue weighted by Crippen LogP contribution is 2.31. The van der Waals surface area contributed by atoms with E-state index in [2.05, 4.69) is 31.3 Å². The maximum Gasteiger partial charge on any atom is 0.416 e. The van der Waals surface area contributed by atoms with Crippen molar-refractivity contribution in [1.29, 1.82) is 0 Å². The van der Waals surface area contributed by atoms with E-state index in [1.165, 1.54) is 17.7 Å². The first-order chi connectivity index (χ1) is 17.5. The van der Waals surface area contributed by atoms with Gasteiger partial charge in [-0.25, -0.2) is 0 Å². The zero-order chi connectivity index (χ0) is 28.4. The van der Waals surface area contributed by atoms with Crippen molar-refractivity contribution in [1.82, 2.24) is 0 Å². The Morgan fingerprint density at radius 1 is 1.30 bits per heavy atom. The third-order valence-corrected chi connectivity index (χ3v) is 5.66. The summed E-state index contributed by atoms with van der Waals surface area (Å²) < 4.78 is 42.5. The molecule has 1 aliphatic rings. The number of nitrogens with zero attached hydrogens (tertiary/aromatic N) is 1. The van der Waals surface area contributed by atoms with Gasteiger partial charge in [-0.1, -0.05) is 43.3 Å². The van der Waals surface area contributed by atoms with E-state index in [0.29, 0.717) is 17.7 Å². The molecule has 1 unspecified atom stereocenters. The summed E-state index contributed by atoms with van der Waals surface area (Å²) in [5.74, 6) is 0.490. The number of allylic oxidation sites excluding steroid dienone is 4. The highest BCUT2D eigenvalue weighted by atomic mass is 32.1. The van der Waals surface area contributed by atoms with Crippen molar-refractivity contribution in [2.24, 2.45) is 5.16 Å². The summed E-state index contributed by atoms with van der Waals surface area (Å²) in [5, 5.41) is 10.8. The molecule has 0 saturated heterocycles. The van der Waals surface area contributed by atoms with Crippen LogP contribution < -0.4 is 0 Å². The van der Waals surface area contributed by atoms with Gasteiger partial charge in [0.05, 0.1) is 17.4 Å². The van der Waals surface area contributed by atoms with Crippen LogP contribution in [0.3, 0.4) is 0 Å². The van der Waals surface area contributed by atoms with E-state index in [4.69, 9.17) is 14.7 Å². The predicted molar refractivity (Wildman–Crippen MR) is 147 cm³/mol. The fourth-order valence-electron chi connectivity index (χ4n) is 3.08. The smallest absolute Gasteiger partial charge is 0.400 e. The van der Waals surface area contributed by atoms with Crippen molar-refractivity contribution < 1.29 is 32.6 Å². The van der Waals surface area contributed by atoms with Crippen molar-refractivity contribution in [2.45, 2.75) is 65.7 Å². The highest BCUT2D eigenvalue weighted by molar-refractivity contribution is 7.84. The largest absolute Gasteiger partial charge is 0.416 e. The van der Waals surface area contributed by atoms with Crippen LogP contribution in [0.5, 0.6) is 0 Å². The van der Waals surface area contributed by atoms with Gasteiger partial charge >= 0.3 is 6.18 Å². The molecular formula is C28H38F3NO4S. The van der Waals surface area contributed by atoms with E-state index >= 15 is 0 Å². The summed E-state index contributed by atoms with van der Waals surface area (Å²) in [4.78, 5) is 16.3. The first-order valence-electron chi connectivity index (χ1n) is 11.8. The van der Waals surface area contributed by atoms with Crippen LogP contribution in [0.15, 0.2) is 70.3 Å². The van der Waals surface area contributed by atoms with Crippen LogP contribution in [-0.4, -0.2) is 36.9 Å². The lowest BCUT2D eigenvalue weighted by atomic mass is 9.99. The van der Waals surface area contributed by atoms with Crippen molar-refractivity contribution in [3.63, 3.8) is 0 Å². The molecule has 0 aliphatic carbocycles. The number of oxime groups is 1. The lowest BCUT2D eigenvalue weighted by Crippen LogP contribution is -2.13. The fraction of sp³-hybridized carbons (Fsp3) is 0.429. The summed E-state index contributed by atoms with van der Waals surface area (Å²) >= 11 is 4.51. The van der Waals surface area contributed by atoms with Crippen molar-refractivity contribution in [3.8, 4) is 0 Å². The number of aliphatic hydroxyl groups excluding tert-OH is 1. The van der Waals surface area contributed by atoms with Crippen molar-refractivity contribution >= 4 is 30.4 Å². The van der Waals surface area contributed by atoms with Crippen LogP contribution in [-0.2, 0) is 20.5 Å². The second-order valence-corrected chi connectivity index (χ2v) is 8.44. The highest BCUT2D eigenvalue weighted by Gasteiger charge is 2.30. The second kappa shape index (κ2) is 18.6. The molecule has 1 aromatic rings. The lowest BCUT2D eigenvalue weighted by Gasteiger charge is -2.18. The fourth-order valence-corrected chi connectivity index (χ4v) is 3.48. The molecule has 0 aromatic heterocycles. The van der Waals surface area contributed by atoms with E-state index in [1.807, 2.05) is 26.8 Å². The van der Waals surface area contributed by atoms with E-state index in [9.17, 15) is 18.0 Å². The van der Waals surface area contributed by atoms with Gasteiger partial charge in [-0.05, 0) is 69.0 Å². The van der Waals surface area contributed by atoms with Crippen LogP contribution in [0.1, 0.15) is 64.5 Å². The van der Waals surface area contributed by atoms with E-state index < -0.39 is 11.7 Å². The first-order valence-corrected chi connectivity index (χ1v) is 12.3. The van der Waals surface area contributed by atoms with E-state index in [-0.39, 0.29) is 12.7 Å². The van der Waals surface area contributed by atoms with Crippen LogP contribution in [0, 0.1) is 0 Å². The molecule has 2 rings (SSSR count). The number of hydrogen-bond acceptors (Lipinski definition) is 6. The third-order valence-electron chi connectivity index (χ3n) is 5.24. The Labute approximate surface area is 223 Å². The van der Waals surface area contributed by atoms with Gasteiger partial charge in [0.15, 0.2) is 5.76 Å². The second-order valence-electron chi connectivity index (χ2n) is 7.96. The van der Waals surface area contributed by atoms with Gasteiger partial charge in [0.25, 0.3) is 0 Å². The van der Waals surface area contributed by atoms with Gasteiger partial charge in [-0.15, -0.1) is 12.6 Å². The maximum atomic E-state index is 12.3. The number of benzene rings is 1. The van der Waals surface area contributed by atoms with Crippen LogP contribution >= 0.6 is 12.6 Å². The predicted octanol–water partition coefficient (Wildman–Crippen LogP) is 7.55. The minimum atomic E-state index is -4.31. The van der Waals surface area contributed by atoms with Crippen LogP contribution in [0.4, 0.5) is 13.2 Å². The molecular weight excluding hydrogens is 503 g/mol. The number of ether oxygens (including phenoxy) is 1. The number of aldehydes is 1. The molecule has 1 atom stereocenters. The van der Waals surface area contributed by atoms with Gasteiger partial charge in [0, 0.05) is 24.0 Å². The molecule has 0 bridgehead atoms. The molecule has 37 heavy (non-hydrogen) atoms. The molecule has 0 fully saturated rings. The third kappa shape index (κ3) is 13.0. The van der Waals surface area contributed by atoms with Gasteiger partial charge < -0.3 is 19.5 Å². The summed E-state index contributed by atoms with van der Waals surface area (Å²) in [6.45, 7) is 11.8. The molecule has 1 aliphatic heterocycles. The van der Waals surface area contributed by atoms with Crippen LogP contribution in [0.25, 0.3) is 5.76 Å². The molecule has 0 radical (unpaired) electrons. The van der Waals surface area contributed by atoms with Crippen LogP contribution in [0.2, 0.25) is 0 Å². The SMILES string of the molecule is C=C/C=C(S)\C(CCCC)=C(\C)C(C)OCC=O.CC1=NOC(c2ccc(C(F)(F)F)cc2)=CC1.CO. The number of carbonyl (C=O) groups is 1. The Kier molecular flexibility index (Phi) is 17.3. The zero-order valence-corrected chi connectivity index (χ0v) is 23.0. The van der Waals surface area contributed by atoms with E-state index in [0.717, 1.165) is 61.0 Å². The Balaban J connectivity index is 0.000000656. The number of rotatable bonds is 10. The first kappa shape index (κ1) is 34.4.